The molecule has 1 amide bonds. The molecule has 2 aromatic heterocycles. The summed E-state index contributed by atoms with van der Waals surface area (Å²) < 4.78 is 0. The minimum atomic E-state index is 0.0617. The van der Waals surface area contributed by atoms with Gasteiger partial charge in [0.15, 0.2) is 0 Å². The van der Waals surface area contributed by atoms with Crippen LogP contribution in [0.5, 0.6) is 0 Å². The number of aromatic amines is 1. The molecule has 0 aliphatic rings. The molecular weight excluding hydrogens is 286 g/mol. The summed E-state index contributed by atoms with van der Waals surface area (Å²) in [7, 11) is 1.86. The number of hydrogen-bond donors (Lipinski definition) is 1. The molecule has 0 spiro atoms. The van der Waals surface area contributed by atoms with E-state index in [4.69, 9.17) is 0 Å². The van der Waals surface area contributed by atoms with Gasteiger partial charge in [-0.25, -0.2) is 0 Å². The van der Waals surface area contributed by atoms with Gasteiger partial charge in [-0.3, -0.25) is 9.78 Å². The fraction of sp³-hybridized carbons (Fsp3) is 0.263. The Morgan fingerprint density at radius 2 is 1.91 bits per heavy atom. The molecular formula is C19H21N3O. The maximum absolute atomic E-state index is 12.8. The van der Waals surface area contributed by atoms with Crippen molar-refractivity contribution in [2.45, 2.75) is 20.3 Å². The first kappa shape index (κ1) is 15.3. The minimum absolute atomic E-state index is 0.0617. The maximum atomic E-state index is 12.8. The van der Waals surface area contributed by atoms with Crippen LogP contribution in [0, 0.1) is 13.8 Å². The number of pyridine rings is 1. The van der Waals surface area contributed by atoms with Crippen LogP contribution in [0.3, 0.4) is 0 Å². The first-order valence-electron chi connectivity index (χ1n) is 7.79. The molecule has 0 saturated carbocycles. The standard InChI is InChI=1S/C19H21N3O/c1-13-4-5-16-17(12-13)21-14(2)18(16)19(23)22(3)11-8-15-6-9-20-10-7-15/h4-7,9-10,12,21H,8,11H2,1-3H3. The molecule has 0 unspecified atom stereocenters. The molecule has 1 N–H and O–H groups in total. The van der Waals surface area contributed by atoms with Crippen LogP contribution in [0.15, 0.2) is 42.7 Å². The maximum Gasteiger partial charge on any atom is 0.256 e. The quantitative estimate of drug-likeness (QED) is 0.802. The van der Waals surface area contributed by atoms with E-state index in [9.17, 15) is 4.79 Å². The highest BCUT2D eigenvalue weighted by atomic mass is 16.2. The van der Waals surface area contributed by atoms with Crippen molar-refractivity contribution >= 4 is 16.8 Å². The average Bonchev–Trinajstić information content (AvgIpc) is 2.87. The zero-order valence-electron chi connectivity index (χ0n) is 13.8. The number of rotatable bonds is 4. The predicted molar refractivity (Wildman–Crippen MR) is 92.7 cm³/mol. The highest BCUT2D eigenvalue weighted by Gasteiger charge is 2.19. The topological polar surface area (TPSA) is 49.0 Å². The number of aryl methyl sites for hydroxylation is 2. The van der Waals surface area contributed by atoms with E-state index in [1.165, 1.54) is 11.1 Å². The number of amides is 1. The van der Waals surface area contributed by atoms with Crippen LogP contribution in [-0.4, -0.2) is 34.4 Å². The van der Waals surface area contributed by atoms with Crippen molar-refractivity contribution in [2.75, 3.05) is 13.6 Å². The zero-order chi connectivity index (χ0) is 16.4. The van der Waals surface area contributed by atoms with E-state index in [1.807, 2.05) is 38.2 Å². The van der Waals surface area contributed by atoms with Crippen LogP contribution < -0.4 is 0 Å². The molecule has 2 heterocycles. The average molecular weight is 307 g/mol. The Hall–Kier alpha value is -2.62. The van der Waals surface area contributed by atoms with Gasteiger partial charge in [-0.2, -0.15) is 0 Å². The number of fused-ring (bicyclic) bond motifs is 1. The normalized spacial score (nSPS) is 10.9. The zero-order valence-corrected chi connectivity index (χ0v) is 13.8. The number of likely N-dealkylation sites (N-methyl/N-ethyl adjacent to an activating group) is 1. The molecule has 23 heavy (non-hydrogen) atoms. The number of carbonyl (C=O) groups is 1. The summed E-state index contributed by atoms with van der Waals surface area (Å²) in [4.78, 5) is 22.0. The monoisotopic (exact) mass is 307 g/mol. The lowest BCUT2D eigenvalue weighted by molar-refractivity contribution is 0.0798. The van der Waals surface area contributed by atoms with Crippen LogP contribution in [0.4, 0.5) is 0 Å². The van der Waals surface area contributed by atoms with Crippen molar-refractivity contribution in [3.05, 3.63) is 65.1 Å². The Balaban J connectivity index is 1.81. The van der Waals surface area contributed by atoms with Crippen molar-refractivity contribution < 1.29 is 4.79 Å². The second-order valence-corrected chi connectivity index (χ2v) is 6.01. The molecule has 1 aromatic carbocycles. The molecule has 4 nitrogen and oxygen atoms in total. The lowest BCUT2D eigenvalue weighted by atomic mass is 10.1. The van der Waals surface area contributed by atoms with E-state index in [1.54, 1.807) is 17.3 Å². The Bertz CT molecular complexity index is 836. The van der Waals surface area contributed by atoms with Gasteiger partial charge in [-0.05, 0) is 49.6 Å². The second kappa shape index (κ2) is 6.24. The number of nitrogens with zero attached hydrogens (tertiary/aromatic N) is 2. The van der Waals surface area contributed by atoms with Crippen molar-refractivity contribution in [1.82, 2.24) is 14.9 Å². The summed E-state index contributed by atoms with van der Waals surface area (Å²) >= 11 is 0. The Morgan fingerprint density at radius 1 is 1.17 bits per heavy atom. The number of nitrogens with one attached hydrogen (secondary N) is 1. The van der Waals surface area contributed by atoms with Gasteiger partial charge in [0, 0.05) is 42.6 Å². The van der Waals surface area contributed by atoms with Gasteiger partial charge in [0.1, 0.15) is 0 Å². The summed E-state index contributed by atoms with van der Waals surface area (Å²) in [6.45, 7) is 4.69. The molecule has 0 bridgehead atoms. The van der Waals surface area contributed by atoms with Crippen LogP contribution >= 0.6 is 0 Å². The number of hydrogen-bond acceptors (Lipinski definition) is 2. The van der Waals surface area contributed by atoms with Crippen molar-refractivity contribution in [2.24, 2.45) is 0 Å². The van der Waals surface area contributed by atoms with Gasteiger partial charge < -0.3 is 9.88 Å². The summed E-state index contributed by atoms with van der Waals surface area (Å²) in [5.74, 6) is 0.0617. The summed E-state index contributed by atoms with van der Waals surface area (Å²) in [6.07, 6.45) is 4.39. The van der Waals surface area contributed by atoms with E-state index < -0.39 is 0 Å². The van der Waals surface area contributed by atoms with Crippen molar-refractivity contribution in [1.29, 1.82) is 0 Å². The van der Waals surface area contributed by atoms with Crippen LogP contribution in [0.25, 0.3) is 10.9 Å². The third-order valence-electron chi connectivity index (χ3n) is 4.19. The number of carbonyl (C=O) groups excluding carboxylic acids is 1. The highest BCUT2D eigenvalue weighted by molar-refractivity contribution is 6.08. The SMILES string of the molecule is Cc1ccc2c(C(=O)N(C)CCc3ccncc3)c(C)[nH]c2c1. The predicted octanol–water partition coefficient (Wildman–Crippen LogP) is 3.49. The molecule has 118 valence electrons. The van der Waals surface area contributed by atoms with E-state index in [2.05, 4.69) is 23.0 Å². The molecule has 0 saturated heterocycles. The molecule has 0 radical (unpaired) electrons. The lowest BCUT2D eigenvalue weighted by Crippen LogP contribution is -2.29. The third kappa shape index (κ3) is 3.11. The van der Waals surface area contributed by atoms with Crippen molar-refractivity contribution in [3.63, 3.8) is 0 Å². The van der Waals surface area contributed by atoms with E-state index in [0.717, 1.165) is 28.6 Å². The van der Waals surface area contributed by atoms with Crippen LogP contribution in [0.2, 0.25) is 0 Å². The fourth-order valence-electron chi connectivity index (χ4n) is 2.86. The van der Waals surface area contributed by atoms with E-state index >= 15 is 0 Å². The Labute approximate surface area is 136 Å². The molecule has 0 aliphatic carbocycles. The number of aromatic nitrogens is 2. The summed E-state index contributed by atoms with van der Waals surface area (Å²) in [6, 6.07) is 10.1. The summed E-state index contributed by atoms with van der Waals surface area (Å²) in [5, 5.41) is 0.994. The lowest BCUT2D eigenvalue weighted by Gasteiger charge is -2.17. The molecule has 4 heteroatoms. The summed E-state index contributed by atoms with van der Waals surface area (Å²) in [5.41, 5.74) is 5.09. The largest absolute Gasteiger partial charge is 0.358 e. The third-order valence-corrected chi connectivity index (χ3v) is 4.19. The van der Waals surface area contributed by atoms with Gasteiger partial charge >= 0.3 is 0 Å². The van der Waals surface area contributed by atoms with Gasteiger partial charge in [0.05, 0.1) is 5.56 Å². The molecule has 0 fully saturated rings. The fourth-order valence-corrected chi connectivity index (χ4v) is 2.86. The molecule has 0 atom stereocenters. The van der Waals surface area contributed by atoms with Crippen LogP contribution in [0.1, 0.15) is 27.2 Å². The first-order valence-corrected chi connectivity index (χ1v) is 7.79. The molecule has 3 rings (SSSR count). The van der Waals surface area contributed by atoms with Crippen LogP contribution in [-0.2, 0) is 6.42 Å². The van der Waals surface area contributed by atoms with Gasteiger partial charge in [-0.15, -0.1) is 0 Å². The van der Waals surface area contributed by atoms with E-state index in [0.29, 0.717) is 6.54 Å². The molecule has 0 aliphatic heterocycles. The smallest absolute Gasteiger partial charge is 0.256 e. The first-order chi connectivity index (χ1) is 11.1. The van der Waals surface area contributed by atoms with E-state index in [-0.39, 0.29) is 5.91 Å². The van der Waals surface area contributed by atoms with Crippen molar-refractivity contribution in [3.8, 4) is 0 Å². The number of benzene rings is 1. The molecule has 3 aromatic rings. The van der Waals surface area contributed by atoms with Gasteiger partial charge in [-0.1, -0.05) is 12.1 Å². The second-order valence-electron chi connectivity index (χ2n) is 6.01. The highest BCUT2D eigenvalue weighted by Crippen LogP contribution is 2.24. The van der Waals surface area contributed by atoms with Gasteiger partial charge in [0.2, 0.25) is 0 Å². The van der Waals surface area contributed by atoms with Gasteiger partial charge in [0.25, 0.3) is 5.91 Å². The minimum Gasteiger partial charge on any atom is -0.358 e. The number of H-pyrrole nitrogens is 1. The Kier molecular flexibility index (Phi) is 4.15. The Morgan fingerprint density at radius 3 is 2.65 bits per heavy atom.